The van der Waals surface area contributed by atoms with Gasteiger partial charge in [-0.1, -0.05) is 33.1 Å². The third-order valence-corrected chi connectivity index (χ3v) is 6.00. The molecule has 1 aliphatic carbocycles. The van der Waals surface area contributed by atoms with Crippen LogP contribution in [0.1, 0.15) is 85.0 Å². The predicted octanol–water partition coefficient (Wildman–Crippen LogP) is 3.47. The summed E-state index contributed by atoms with van der Waals surface area (Å²) < 4.78 is 2.04. The molecule has 0 spiro atoms. The van der Waals surface area contributed by atoms with Crippen molar-refractivity contribution >= 4 is 0 Å². The van der Waals surface area contributed by atoms with Crippen LogP contribution in [-0.2, 0) is 5.54 Å². The van der Waals surface area contributed by atoms with Gasteiger partial charge in [-0.2, -0.15) is 0 Å². The molecule has 1 saturated heterocycles. The van der Waals surface area contributed by atoms with Gasteiger partial charge in [-0.15, -0.1) is 5.10 Å². The SMILES string of the molecule is CC(C)CC(c1nnnn1C(C)(C)C)N1CCN(C2CCCCC2)CC1. The summed E-state index contributed by atoms with van der Waals surface area (Å²) in [5, 5.41) is 12.8. The standard InChI is InChI=1S/C20H38N6/c1-16(2)15-18(19-21-22-23-26(19)20(3,4)5)25-13-11-24(12-14-25)17-9-7-6-8-10-17/h16-18H,6-15H2,1-5H3. The summed E-state index contributed by atoms with van der Waals surface area (Å²) in [5.41, 5.74) is -0.0853. The Morgan fingerprint density at radius 1 is 1.00 bits per heavy atom. The molecule has 1 aliphatic heterocycles. The molecule has 1 atom stereocenters. The second-order valence-electron chi connectivity index (χ2n) is 9.63. The monoisotopic (exact) mass is 362 g/mol. The summed E-state index contributed by atoms with van der Waals surface area (Å²) in [7, 11) is 0. The van der Waals surface area contributed by atoms with Gasteiger partial charge in [-0.3, -0.25) is 9.80 Å². The van der Waals surface area contributed by atoms with Gasteiger partial charge in [0.15, 0.2) is 5.82 Å². The number of hydrogen-bond acceptors (Lipinski definition) is 5. The van der Waals surface area contributed by atoms with E-state index in [4.69, 9.17) is 0 Å². The molecule has 3 rings (SSSR count). The van der Waals surface area contributed by atoms with Crippen LogP contribution in [0.5, 0.6) is 0 Å². The number of aromatic nitrogens is 4. The fourth-order valence-electron chi connectivity index (χ4n) is 4.60. The second kappa shape index (κ2) is 8.34. The van der Waals surface area contributed by atoms with Gasteiger partial charge in [-0.05, 0) is 56.4 Å². The van der Waals surface area contributed by atoms with Crippen LogP contribution in [0.15, 0.2) is 0 Å². The van der Waals surface area contributed by atoms with Gasteiger partial charge in [0, 0.05) is 32.2 Å². The minimum absolute atomic E-state index is 0.0853. The maximum Gasteiger partial charge on any atom is 0.168 e. The number of nitrogens with zero attached hydrogens (tertiary/aromatic N) is 6. The van der Waals surface area contributed by atoms with Gasteiger partial charge >= 0.3 is 0 Å². The molecule has 0 amide bonds. The Morgan fingerprint density at radius 2 is 1.65 bits per heavy atom. The summed E-state index contributed by atoms with van der Waals surface area (Å²) in [6, 6.07) is 1.15. The van der Waals surface area contributed by atoms with Crippen LogP contribution in [0.25, 0.3) is 0 Å². The van der Waals surface area contributed by atoms with Crippen LogP contribution in [0, 0.1) is 5.92 Å². The summed E-state index contributed by atoms with van der Waals surface area (Å²) in [5.74, 6) is 1.67. The molecule has 0 N–H and O–H groups in total. The van der Waals surface area contributed by atoms with Crippen LogP contribution < -0.4 is 0 Å². The highest BCUT2D eigenvalue weighted by molar-refractivity contribution is 4.98. The molecule has 1 aromatic rings. The van der Waals surface area contributed by atoms with Crippen molar-refractivity contribution in [1.82, 2.24) is 30.0 Å². The molecule has 1 aromatic heterocycles. The Labute approximate surface area is 159 Å². The molecule has 1 saturated carbocycles. The van der Waals surface area contributed by atoms with E-state index in [1.54, 1.807) is 0 Å². The maximum atomic E-state index is 4.47. The Hall–Kier alpha value is -1.01. The second-order valence-corrected chi connectivity index (χ2v) is 9.63. The van der Waals surface area contributed by atoms with E-state index in [0.29, 0.717) is 12.0 Å². The zero-order valence-electron chi connectivity index (χ0n) is 17.5. The highest BCUT2D eigenvalue weighted by atomic mass is 15.6. The Morgan fingerprint density at radius 3 is 2.23 bits per heavy atom. The molecule has 148 valence electrons. The average Bonchev–Trinajstić information content (AvgIpc) is 3.10. The average molecular weight is 363 g/mol. The smallest absolute Gasteiger partial charge is 0.168 e. The highest BCUT2D eigenvalue weighted by Gasteiger charge is 2.33. The van der Waals surface area contributed by atoms with Gasteiger partial charge in [0.05, 0.1) is 11.6 Å². The van der Waals surface area contributed by atoms with Crippen LogP contribution in [0.2, 0.25) is 0 Å². The minimum atomic E-state index is -0.0853. The fraction of sp³-hybridized carbons (Fsp3) is 0.950. The van der Waals surface area contributed by atoms with Crippen molar-refractivity contribution in [3.63, 3.8) is 0 Å². The summed E-state index contributed by atoms with van der Waals surface area (Å²) >= 11 is 0. The van der Waals surface area contributed by atoms with Gasteiger partial charge < -0.3 is 0 Å². The molecule has 2 heterocycles. The lowest BCUT2D eigenvalue weighted by Crippen LogP contribution is -2.52. The van der Waals surface area contributed by atoms with E-state index < -0.39 is 0 Å². The number of piperazine rings is 1. The Bertz CT molecular complexity index is 547. The zero-order chi connectivity index (χ0) is 18.7. The van der Waals surface area contributed by atoms with Gasteiger partial charge in [0.1, 0.15) is 0 Å². The fourth-order valence-corrected chi connectivity index (χ4v) is 4.60. The zero-order valence-corrected chi connectivity index (χ0v) is 17.5. The van der Waals surface area contributed by atoms with Crippen molar-refractivity contribution in [3.05, 3.63) is 5.82 Å². The van der Waals surface area contributed by atoms with Crippen LogP contribution in [-0.4, -0.2) is 62.2 Å². The number of rotatable bonds is 5. The number of hydrogen-bond donors (Lipinski definition) is 0. The van der Waals surface area contributed by atoms with E-state index in [-0.39, 0.29) is 5.54 Å². The molecule has 2 fully saturated rings. The van der Waals surface area contributed by atoms with E-state index in [0.717, 1.165) is 31.4 Å². The maximum absolute atomic E-state index is 4.47. The van der Waals surface area contributed by atoms with Gasteiger partial charge in [-0.25, -0.2) is 4.68 Å². The molecule has 6 nitrogen and oxygen atoms in total. The summed E-state index contributed by atoms with van der Waals surface area (Å²) in [6.45, 7) is 15.8. The molecule has 26 heavy (non-hydrogen) atoms. The van der Waals surface area contributed by atoms with Crippen molar-refractivity contribution in [2.75, 3.05) is 26.2 Å². The molecule has 0 bridgehead atoms. The molecular weight excluding hydrogens is 324 g/mol. The van der Waals surface area contributed by atoms with Crippen LogP contribution >= 0.6 is 0 Å². The minimum Gasteiger partial charge on any atom is -0.298 e. The molecule has 1 unspecified atom stereocenters. The van der Waals surface area contributed by atoms with Crippen molar-refractivity contribution in [2.24, 2.45) is 5.92 Å². The molecule has 0 aromatic carbocycles. The van der Waals surface area contributed by atoms with E-state index in [2.05, 4.69) is 59.9 Å². The van der Waals surface area contributed by atoms with Gasteiger partial charge in [0.2, 0.25) is 0 Å². The predicted molar refractivity (Wildman–Crippen MR) is 105 cm³/mol. The first-order valence-corrected chi connectivity index (χ1v) is 10.6. The first-order chi connectivity index (χ1) is 12.4. The molecule has 6 heteroatoms. The first-order valence-electron chi connectivity index (χ1n) is 10.6. The summed E-state index contributed by atoms with van der Waals surface area (Å²) in [4.78, 5) is 5.38. The van der Waals surface area contributed by atoms with Crippen molar-refractivity contribution in [1.29, 1.82) is 0 Å². The van der Waals surface area contributed by atoms with Crippen molar-refractivity contribution < 1.29 is 0 Å². The lowest BCUT2D eigenvalue weighted by molar-refractivity contribution is 0.0454. The van der Waals surface area contributed by atoms with Crippen LogP contribution in [0.3, 0.4) is 0 Å². The molecular formula is C20H38N6. The number of tetrazole rings is 1. The largest absolute Gasteiger partial charge is 0.298 e. The highest BCUT2D eigenvalue weighted by Crippen LogP contribution is 2.31. The third kappa shape index (κ3) is 4.63. The van der Waals surface area contributed by atoms with E-state index in [1.165, 1.54) is 45.2 Å². The molecule has 2 aliphatic rings. The summed E-state index contributed by atoms with van der Waals surface area (Å²) in [6.07, 6.45) is 8.18. The topological polar surface area (TPSA) is 50.1 Å². The van der Waals surface area contributed by atoms with E-state index in [1.807, 2.05) is 4.68 Å². The van der Waals surface area contributed by atoms with Crippen LogP contribution in [0.4, 0.5) is 0 Å². The lowest BCUT2D eigenvalue weighted by Gasteiger charge is -2.43. The Kier molecular flexibility index (Phi) is 6.33. The third-order valence-electron chi connectivity index (χ3n) is 6.00. The normalized spacial score (nSPS) is 22.8. The molecule has 0 radical (unpaired) electrons. The first kappa shape index (κ1) is 19.7. The lowest BCUT2D eigenvalue weighted by atomic mass is 9.93. The van der Waals surface area contributed by atoms with Crippen molar-refractivity contribution in [2.45, 2.75) is 90.8 Å². The van der Waals surface area contributed by atoms with E-state index in [9.17, 15) is 0 Å². The quantitative estimate of drug-likeness (QED) is 0.803. The van der Waals surface area contributed by atoms with Gasteiger partial charge in [0.25, 0.3) is 0 Å². The Balaban J connectivity index is 1.70. The van der Waals surface area contributed by atoms with E-state index >= 15 is 0 Å². The van der Waals surface area contributed by atoms with Crippen molar-refractivity contribution in [3.8, 4) is 0 Å².